The molecule has 0 spiro atoms. The van der Waals surface area contributed by atoms with Gasteiger partial charge in [0.1, 0.15) is 5.82 Å². The maximum absolute atomic E-state index is 12.4. The van der Waals surface area contributed by atoms with Crippen molar-refractivity contribution in [2.24, 2.45) is 0 Å². The van der Waals surface area contributed by atoms with Crippen molar-refractivity contribution in [3.63, 3.8) is 0 Å². The molecule has 1 fully saturated rings. The highest BCUT2D eigenvalue weighted by Gasteiger charge is 2.27. The molecule has 1 saturated heterocycles. The lowest BCUT2D eigenvalue weighted by Gasteiger charge is -2.34. The van der Waals surface area contributed by atoms with Gasteiger partial charge in [-0.1, -0.05) is 0 Å². The summed E-state index contributed by atoms with van der Waals surface area (Å²) >= 11 is 0. The fourth-order valence-corrected chi connectivity index (χ4v) is 2.44. The lowest BCUT2D eigenvalue weighted by molar-refractivity contribution is -0.0133. The maximum atomic E-state index is 12.4. The summed E-state index contributed by atoms with van der Waals surface area (Å²) in [7, 11) is 5.63. The number of carbonyl (C=O) groups excluding carboxylic acids is 1. The molecule has 2 amide bonds. The predicted octanol–water partition coefficient (Wildman–Crippen LogP) is 1.02. The topological polar surface area (TPSA) is 66.9 Å². The van der Waals surface area contributed by atoms with Gasteiger partial charge in [-0.3, -0.25) is 5.32 Å². The third-order valence-corrected chi connectivity index (χ3v) is 3.41. The van der Waals surface area contributed by atoms with E-state index in [0.29, 0.717) is 32.2 Å². The normalized spacial score (nSPS) is 18.5. The first-order valence-electron chi connectivity index (χ1n) is 7.34. The largest absolute Gasteiger partial charge is 0.382 e. The fraction of sp³-hybridized carbons (Fsp3) is 0.600. The number of anilines is 1. The maximum Gasteiger partial charge on any atom is 0.323 e. The summed E-state index contributed by atoms with van der Waals surface area (Å²) in [5, 5.41) is 2.86. The molecular formula is C15H24N4O3. The molecule has 122 valence electrons. The van der Waals surface area contributed by atoms with Gasteiger partial charge in [-0.25, -0.2) is 9.78 Å². The predicted molar refractivity (Wildman–Crippen MR) is 83.8 cm³/mol. The Morgan fingerprint density at radius 1 is 1.59 bits per heavy atom. The Morgan fingerprint density at radius 3 is 3.14 bits per heavy atom. The van der Waals surface area contributed by atoms with Crippen molar-refractivity contribution >= 4 is 11.8 Å². The summed E-state index contributed by atoms with van der Waals surface area (Å²) in [4.78, 5) is 20.5. The van der Waals surface area contributed by atoms with Gasteiger partial charge in [-0.2, -0.15) is 0 Å². The summed E-state index contributed by atoms with van der Waals surface area (Å²) in [5.74, 6) is 0.562. The van der Waals surface area contributed by atoms with Crippen molar-refractivity contribution < 1.29 is 14.3 Å². The van der Waals surface area contributed by atoms with E-state index >= 15 is 0 Å². The van der Waals surface area contributed by atoms with Gasteiger partial charge in [0.15, 0.2) is 0 Å². The molecule has 1 unspecified atom stereocenters. The van der Waals surface area contributed by atoms with Crippen LogP contribution in [-0.4, -0.2) is 74.4 Å². The Kier molecular flexibility index (Phi) is 6.11. The highest BCUT2D eigenvalue weighted by molar-refractivity contribution is 5.88. The van der Waals surface area contributed by atoms with E-state index in [1.165, 1.54) is 0 Å². The van der Waals surface area contributed by atoms with E-state index in [0.717, 1.165) is 12.1 Å². The number of amides is 2. The van der Waals surface area contributed by atoms with Crippen LogP contribution in [0.25, 0.3) is 0 Å². The van der Waals surface area contributed by atoms with Crippen molar-refractivity contribution in [2.75, 3.05) is 52.9 Å². The molecule has 7 heteroatoms. The number of rotatable bonds is 5. The van der Waals surface area contributed by atoms with Crippen molar-refractivity contribution in [3.8, 4) is 0 Å². The zero-order valence-electron chi connectivity index (χ0n) is 13.4. The zero-order chi connectivity index (χ0) is 15.9. The molecule has 2 rings (SSSR count). The molecule has 1 aromatic heterocycles. The standard InChI is InChI=1S/C15H24N4O3/c1-18(2)9-12-4-5-16-14(8-12)17-15(20)19-6-7-22-11-13(19)10-21-3/h4-5,8,13H,6-7,9-11H2,1-3H3,(H,16,17,20). The third-order valence-electron chi connectivity index (χ3n) is 3.41. The second-order valence-electron chi connectivity index (χ2n) is 5.59. The lowest BCUT2D eigenvalue weighted by Crippen LogP contribution is -2.52. The van der Waals surface area contributed by atoms with E-state index in [1.54, 1.807) is 18.2 Å². The van der Waals surface area contributed by atoms with Crippen LogP contribution in [0.4, 0.5) is 10.6 Å². The Labute approximate surface area is 131 Å². The Balaban J connectivity index is 2.01. The minimum atomic E-state index is -0.167. The van der Waals surface area contributed by atoms with Gasteiger partial charge in [-0.15, -0.1) is 0 Å². The van der Waals surface area contributed by atoms with Crippen LogP contribution in [0.5, 0.6) is 0 Å². The Bertz CT molecular complexity index is 493. The third kappa shape index (κ3) is 4.66. The summed E-state index contributed by atoms with van der Waals surface area (Å²) < 4.78 is 10.6. The van der Waals surface area contributed by atoms with Crippen molar-refractivity contribution in [1.29, 1.82) is 0 Å². The van der Waals surface area contributed by atoms with Gasteiger partial charge in [-0.05, 0) is 31.8 Å². The highest BCUT2D eigenvalue weighted by atomic mass is 16.5. The molecule has 0 bridgehead atoms. The molecule has 0 aromatic carbocycles. The van der Waals surface area contributed by atoms with E-state index in [9.17, 15) is 4.79 Å². The quantitative estimate of drug-likeness (QED) is 0.880. The fourth-order valence-electron chi connectivity index (χ4n) is 2.44. The van der Waals surface area contributed by atoms with E-state index in [1.807, 2.05) is 26.2 Å². The zero-order valence-corrected chi connectivity index (χ0v) is 13.4. The van der Waals surface area contributed by atoms with Gasteiger partial charge in [0.2, 0.25) is 0 Å². The molecule has 2 heterocycles. The van der Waals surface area contributed by atoms with Crippen LogP contribution < -0.4 is 5.32 Å². The first kappa shape index (κ1) is 16.7. The number of methoxy groups -OCH3 is 1. The number of hydrogen-bond donors (Lipinski definition) is 1. The summed E-state index contributed by atoms with van der Waals surface area (Å²) in [6.45, 7) is 2.85. The van der Waals surface area contributed by atoms with Gasteiger partial charge in [0, 0.05) is 26.4 Å². The summed E-state index contributed by atoms with van der Waals surface area (Å²) in [6.07, 6.45) is 1.71. The monoisotopic (exact) mass is 308 g/mol. The highest BCUT2D eigenvalue weighted by Crippen LogP contribution is 2.12. The van der Waals surface area contributed by atoms with Crippen LogP contribution in [-0.2, 0) is 16.0 Å². The molecule has 0 saturated carbocycles. The average Bonchev–Trinajstić information content (AvgIpc) is 2.47. The first-order chi connectivity index (χ1) is 10.6. The number of pyridine rings is 1. The number of ether oxygens (including phenoxy) is 2. The molecule has 7 nitrogen and oxygen atoms in total. The number of nitrogens with zero attached hydrogens (tertiary/aromatic N) is 3. The minimum absolute atomic E-state index is 0.0660. The molecule has 1 N–H and O–H groups in total. The number of carbonyl (C=O) groups is 1. The minimum Gasteiger partial charge on any atom is -0.382 e. The van der Waals surface area contributed by atoms with Gasteiger partial charge < -0.3 is 19.3 Å². The van der Waals surface area contributed by atoms with Crippen LogP contribution in [0, 0.1) is 0 Å². The summed E-state index contributed by atoms with van der Waals surface area (Å²) in [5.41, 5.74) is 1.10. The molecule has 1 aromatic rings. The van der Waals surface area contributed by atoms with Crippen molar-refractivity contribution in [2.45, 2.75) is 12.6 Å². The Morgan fingerprint density at radius 2 is 2.41 bits per heavy atom. The molecule has 0 aliphatic carbocycles. The SMILES string of the molecule is COCC1COCCN1C(=O)Nc1cc(CN(C)C)ccn1. The lowest BCUT2D eigenvalue weighted by atomic mass is 10.2. The molecule has 0 radical (unpaired) electrons. The Hall–Kier alpha value is -1.70. The number of urea groups is 1. The number of nitrogens with one attached hydrogen (secondary N) is 1. The van der Waals surface area contributed by atoms with Crippen LogP contribution in [0.3, 0.4) is 0 Å². The summed E-state index contributed by atoms with van der Waals surface area (Å²) in [6, 6.07) is 3.60. The first-order valence-corrected chi connectivity index (χ1v) is 7.34. The van der Waals surface area contributed by atoms with Crippen LogP contribution >= 0.6 is 0 Å². The second-order valence-corrected chi connectivity index (χ2v) is 5.59. The van der Waals surface area contributed by atoms with E-state index in [2.05, 4.69) is 15.2 Å². The van der Waals surface area contributed by atoms with Crippen LogP contribution in [0.2, 0.25) is 0 Å². The molecule has 22 heavy (non-hydrogen) atoms. The van der Waals surface area contributed by atoms with Crippen LogP contribution in [0.1, 0.15) is 5.56 Å². The van der Waals surface area contributed by atoms with E-state index in [-0.39, 0.29) is 12.1 Å². The van der Waals surface area contributed by atoms with Crippen molar-refractivity contribution in [1.82, 2.24) is 14.8 Å². The number of aromatic nitrogens is 1. The van der Waals surface area contributed by atoms with Gasteiger partial charge >= 0.3 is 6.03 Å². The van der Waals surface area contributed by atoms with Crippen molar-refractivity contribution in [3.05, 3.63) is 23.9 Å². The van der Waals surface area contributed by atoms with Gasteiger partial charge in [0.25, 0.3) is 0 Å². The van der Waals surface area contributed by atoms with Crippen LogP contribution in [0.15, 0.2) is 18.3 Å². The average molecular weight is 308 g/mol. The molecular weight excluding hydrogens is 284 g/mol. The van der Waals surface area contributed by atoms with E-state index < -0.39 is 0 Å². The van der Waals surface area contributed by atoms with E-state index in [4.69, 9.17) is 9.47 Å². The second kappa shape index (κ2) is 8.07. The number of hydrogen-bond acceptors (Lipinski definition) is 5. The smallest absolute Gasteiger partial charge is 0.323 e. The molecule has 1 aliphatic heterocycles. The molecule has 1 atom stereocenters. The molecule has 1 aliphatic rings. The van der Waals surface area contributed by atoms with Gasteiger partial charge in [0.05, 0.1) is 25.9 Å². The number of morpholine rings is 1.